The summed E-state index contributed by atoms with van der Waals surface area (Å²) < 4.78 is 30.9. The second-order valence-electron chi connectivity index (χ2n) is 4.56. The SMILES string of the molecule is CC(C)NC(=O)C(C)NS(=O)(=O)c1cc(C(=O)O)oc1Br. The minimum absolute atomic E-state index is 0.135. The molecule has 1 aromatic heterocycles. The zero-order chi connectivity index (χ0) is 16.4. The van der Waals surface area contributed by atoms with Gasteiger partial charge in [0.15, 0.2) is 4.67 Å². The predicted octanol–water partition coefficient (Wildman–Crippen LogP) is 0.932. The first-order valence-corrected chi connectivity index (χ1v) is 8.17. The first-order valence-electron chi connectivity index (χ1n) is 5.90. The summed E-state index contributed by atoms with van der Waals surface area (Å²) in [6.45, 7) is 4.86. The molecule has 0 bridgehead atoms. The van der Waals surface area contributed by atoms with Gasteiger partial charge in [0.25, 0.3) is 0 Å². The zero-order valence-corrected chi connectivity index (χ0v) is 13.9. The smallest absolute Gasteiger partial charge is 0.371 e. The van der Waals surface area contributed by atoms with Crippen molar-refractivity contribution in [3.63, 3.8) is 0 Å². The minimum Gasteiger partial charge on any atom is -0.475 e. The van der Waals surface area contributed by atoms with Crippen molar-refractivity contribution in [3.8, 4) is 0 Å². The maximum atomic E-state index is 12.1. The number of carbonyl (C=O) groups excluding carboxylic acids is 1. The molecule has 21 heavy (non-hydrogen) atoms. The van der Waals surface area contributed by atoms with Crippen LogP contribution in [0.15, 0.2) is 20.0 Å². The van der Waals surface area contributed by atoms with Crippen molar-refractivity contribution in [2.24, 2.45) is 0 Å². The Morgan fingerprint density at radius 1 is 1.33 bits per heavy atom. The second kappa shape index (κ2) is 6.58. The highest BCUT2D eigenvalue weighted by Gasteiger charge is 2.28. The molecule has 0 spiro atoms. The second-order valence-corrected chi connectivity index (χ2v) is 6.96. The molecule has 1 heterocycles. The molecule has 0 saturated carbocycles. The van der Waals surface area contributed by atoms with Gasteiger partial charge in [0, 0.05) is 12.1 Å². The molecule has 0 radical (unpaired) electrons. The van der Waals surface area contributed by atoms with Gasteiger partial charge in [-0.05, 0) is 36.7 Å². The largest absolute Gasteiger partial charge is 0.475 e. The lowest BCUT2D eigenvalue weighted by molar-refractivity contribution is -0.122. The molecule has 0 aliphatic carbocycles. The summed E-state index contributed by atoms with van der Waals surface area (Å²) in [7, 11) is -4.10. The van der Waals surface area contributed by atoms with Gasteiger partial charge in [-0.15, -0.1) is 0 Å². The number of amides is 1. The number of carboxylic acids is 1. The van der Waals surface area contributed by atoms with E-state index in [0.717, 1.165) is 6.07 Å². The quantitative estimate of drug-likeness (QED) is 0.671. The van der Waals surface area contributed by atoms with Gasteiger partial charge < -0.3 is 14.8 Å². The number of aromatic carboxylic acids is 1. The standard InChI is InChI=1S/C11H15BrN2O6S/c1-5(2)13-10(15)6(3)14-21(18,19)8-4-7(11(16)17)20-9(8)12/h4-6,14H,1-3H3,(H,13,15)(H,16,17). The van der Waals surface area contributed by atoms with Crippen LogP contribution in [0.5, 0.6) is 0 Å². The number of hydrogen-bond donors (Lipinski definition) is 3. The average Bonchev–Trinajstić information content (AvgIpc) is 2.70. The van der Waals surface area contributed by atoms with Crippen LogP contribution in [0.25, 0.3) is 0 Å². The van der Waals surface area contributed by atoms with E-state index in [2.05, 4.69) is 26.0 Å². The van der Waals surface area contributed by atoms with Gasteiger partial charge >= 0.3 is 5.97 Å². The number of nitrogens with one attached hydrogen (secondary N) is 2. The van der Waals surface area contributed by atoms with Crippen molar-refractivity contribution in [1.82, 2.24) is 10.0 Å². The van der Waals surface area contributed by atoms with Crippen LogP contribution in [-0.4, -0.2) is 37.5 Å². The lowest BCUT2D eigenvalue weighted by Crippen LogP contribution is -2.46. The third-order valence-corrected chi connectivity index (χ3v) is 4.71. The average molecular weight is 383 g/mol. The van der Waals surface area contributed by atoms with E-state index in [1.807, 2.05) is 0 Å². The number of furan rings is 1. The molecule has 0 saturated heterocycles. The van der Waals surface area contributed by atoms with Crippen molar-refractivity contribution < 1.29 is 27.5 Å². The number of sulfonamides is 1. The van der Waals surface area contributed by atoms with Crippen molar-refractivity contribution >= 4 is 37.8 Å². The van der Waals surface area contributed by atoms with Crippen molar-refractivity contribution in [2.45, 2.75) is 37.8 Å². The Kier molecular flexibility index (Phi) is 5.54. The van der Waals surface area contributed by atoms with Crippen LogP contribution >= 0.6 is 15.9 Å². The van der Waals surface area contributed by atoms with Gasteiger partial charge in [-0.25, -0.2) is 13.2 Å². The molecule has 1 amide bonds. The molecule has 1 atom stereocenters. The van der Waals surface area contributed by atoms with E-state index in [1.54, 1.807) is 13.8 Å². The Balaban J connectivity index is 2.96. The highest BCUT2D eigenvalue weighted by atomic mass is 79.9. The summed E-state index contributed by atoms with van der Waals surface area (Å²) in [4.78, 5) is 22.1. The number of hydrogen-bond acceptors (Lipinski definition) is 5. The van der Waals surface area contributed by atoms with Gasteiger partial charge in [-0.1, -0.05) is 0 Å². The molecule has 8 nitrogen and oxygen atoms in total. The maximum Gasteiger partial charge on any atom is 0.371 e. The molecule has 1 rings (SSSR count). The Morgan fingerprint density at radius 2 is 1.90 bits per heavy atom. The van der Waals surface area contributed by atoms with E-state index in [-0.39, 0.29) is 15.6 Å². The Labute approximate surface area is 130 Å². The monoisotopic (exact) mass is 382 g/mol. The molecular weight excluding hydrogens is 368 g/mol. The topological polar surface area (TPSA) is 126 Å². The first kappa shape index (κ1) is 17.7. The van der Waals surface area contributed by atoms with E-state index in [4.69, 9.17) is 9.52 Å². The summed E-state index contributed by atoms with van der Waals surface area (Å²) in [6.07, 6.45) is 0. The van der Waals surface area contributed by atoms with Crippen molar-refractivity contribution in [2.75, 3.05) is 0 Å². The zero-order valence-electron chi connectivity index (χ0n) is 11.5. The van der Waals surface area contributed by atoms with Crippen LogP contribution in [0.1, 0.15) is 31.3 Å². The summed E-state index contributed by atoms with van der Waals surface area (Å²) in [6, 6.07) is -0.293. The molecule has 3 N–H and O–H groups in total. The molecular formula is C11H15BrN2O6S. The fourth-order valence-electron chi connectivity index (χ4n) is 1.40. The summed E-state index contributed by atoms with van der Waals surface area (Å²) in [5.41, 5.74) is 0. The summed E-state index contributed by atoms with van der Waals surface area (Å²) in [5.74, 6) is -2.42. The lowest BCUT2D eigenvalue weighted by atomic mass is 10.3. The Hall–Kier alpha value is -1.39. The molecule has 0 aliphatic rings. The van der Waals surface area contributed by atoms with E-state index < -0.39 is 33.7 Å². The summed E-state index contributed by atoms with van der Waals surface area (Å²) in [5, 5.41) is 11.3. The molecule has 118 valence electrons. The van der Waals surface area contributed by atoms with Crippen molar-refractivity contribution in [1.29, 1.82) is 0 Å². The van der Waals surface area contributed by atoms with Gasteiger partial charge in [-0.3, -0.25) is 4.79 Å². The van der Waals surface area contributed by atoms with Crippen LogP contribution in [0.3, 0.4) is 0 Å². The Bertz CT molecular complexity index is 652. The highest BCUT2D eigenvalue weighted by Crippen LogP contribution is 2.26. The van der Waals surface area contributed by atoms with E-state index in [0.29, 0.717) is 0 Å². The molecule has 10 heteroatoms. The predicted molar refractivity (Wildman–Crippen MR) is 76.4 cm³/mol. The third kappa shape index (κ3) is 4.55. The maximum absolute atomic E-state index is 12.1. The molecule has 1 aromatic rings. The molecule has 0 fully saturated rings. The van der Waals surface area contributed by atoms with E-state index >= 15 is 0 Å². The fourth-order valence-corrected chi connectivity index (χ4v) is 3.54. The normalized spacial score (nSPS) is 13.2. The first-order chi connectivity index (χ1) is 9.54. The van der Waals surface area contributed by atoms with Gasteiger partial charge in [0.1, 0.15) is 4.90 Å². The summed E-state index contributed by atoms with van der Waals surface area (Å²) >= 11 is 2.84. The Morgan fingerprint density at radius 3 is 2.33 bits per heavy atom. The molecule has 0 aliphatic heterocycles. The van der Waals surface area contributed by atoms with Crippen LogP contribution in [0, 0.1) is 0 Å². The molecule has 0 aromatic carbocycles. The van der Waals surface area contributed by atoms with Crippen LogP contribution < -0.4 is 10.0 Å². The van der Waals surface area contributed by atoms with E-state index in [1.165, 1.54) is 6.92 Å². The number of carboxylic acid groups (broad SMARTS) is 1. The van der Waals surface area contributed by atoms with Gasteiger partial charge in [-0.2, -0.15) is 4.72 Å². The van der Waals surface area contributed by atoms with Crippen LogP contribution in [-0.2, 0) is 14.8 Å². The van der Waals surface area contributed by atoms with E-state index in [9.17, 15) is 18.0 Å². The third-order valence-electron chi connectivity index (χ3n) is 2.31. The minimum atomic E-state index is -4.10. The van der Waals surface area contributed by atoms with Gasteiger partial charge in [0.05, 0.1) is 6.04 Å². The van der Waals surface area contributed by atoms with Crippen LogP contribution in [0.2, 0.25) is 0 Å². The van der Waals surface area contributed by atoms with Crippen molar-refractivity contribution in [3.05, 3.63) is 16.5 Å². The lowest BCUT2D eigenvalue weighted by Gasteiger charge is -2.15. The number of carbonyl (C=O) groups is 2. The number of halogens is 1. The van der Waals surface area contributed by atoms with Crippen LogP contribution in [0.4, 0.5) is 0 Å². The molecule has 1 unspecified atom stereocenters. The number of rotatable bonds is 6. The highest BCUT2D eigenvalue weighted by molar-refractivity contribution is 9.10. The fraction of sp³-hybridized carbons (Fsp3) is 0.455. The van der Waals surface area contributed by atoms with Gasteiger partial charge in [0.2, 0.25) is 21.7 Å².